The molecule has 0 radical (unpaired) electrons. The van der Waals surface area contributed by atoms with Crippen LogP contribution in [0.2, 0.25) is 0 Å². The van der Waals surface area contributed by atoms with E-state index in [4.69, 9.17) is 4.74 Å². The largest absolute Gasteiger partial charge is 0.496 e. The zero-order chi connectivity index (χ0) is 14.4. The third-order valence-corrected chi connectivity index (χ3v) is 3.26. The van der Waals surface area contributed by atoms with Gasteiger partial charge in [0.2, 0.25) is 0 Å². The average molecular weight is 263 g/mol. The predicted octanol–water partition coefficient (Wildman–Crippen LogP) is 2.85. The van der Waals surface area contributed by atoms with E-state index in [0.717, 1.165) is 18.7 Å². The molecular formula is C16H25NO2. The molecule has 0 atom stereocenters. The molecule has 19 heavy (non-hydrogen) atoms. The molecule has 1 aromatic carbocycles. The molecule has 106 valence electrons. The highest BCUT2D eigenvalue weighted by molar-refractivity contribution is 5.77. The first-order valence-electron chi connectivity index (χ1n) is 6.83. The summed E-state index contributed by atoms with van der Waals surface area (Å²) in [6.45, 7) is 9.32. The van der Waals surface area contributed by atoms with Gasteiger partial charge in [0.1, 0.15) is 11.5 Å². The molecule has 0 saturated carbocycles. The number of methoxy groups -OCH3 is 1. The minimum absolute atomic E-state index is 0.175. The Morgan fingerprint density at radius 1 is 1.37 bits per heavy atom. The maximum atomic E-state index is 10.9. The van der Waals surface area contributed by atoms with E-state index in [-0.39, 0.29) is 5.78 Å². The Hall–Kier alpha value is -1.35. The third kappa shape index (κ3) is 4.67. The van der Waals surface area contributed by atoms with E-state index in [1.165, 1.54) is 16.7 Å². The van der Waals surface area contributed by atoms with Gasteiger partial charge in [-0.2, -0.15) is 0 Å². The first-order chi connectivity index (χ1) is 8.95. The van der Waals surface area contributed by atoms with Crippen molar-refractivity contribution in [2.75, 3.05) is 20.2 Å². The van der Waals surface area contributed by atoms with Crippen LogP contribution in [0.5, 0.6) is 5.75 Å². The second-order valence-corrected chi connectivity index (χ2v) is 5.30. The summed E-state index contributed by atoms with van der Waals surface area (Å²) in [6, 6.07) is 4.34. The van der Waals surface area contributed by atoms with Crippen LogP contribution >= 0.6 is 0 Å². The Balaban J connectivity index is 2.77. The number of Topliss-reactive ketones (excluding diaryl/α,β-unsaturated/α-hetero) is 1. The molecule has 0 aliphatic heterocycles. The van der Waals surface area contributed by atoms with Crippen LogP contribution < -0.4 is 10.1 Å². The molecule has 1 N–H and O–H groups in total. The number of nitrogens with one attached hydrogen (secondary N) is 1. The third-order valence-electron chi connectivity index (χ3n) is 3.26. The molecule has 0 aromatic heterocycles. The highest BCUT2D eigenvalue weighted by atomic mass is 16.5. The van der Waals surface area contributed by atoms with Crippen molar-refractivity contribution in [1.82, 2.24) is 5.32 Å². The van der Waals surface area contributed by atoms with Gasteiger partial charge in [-0.1, -0.05) is 19.9 Å². The Bertz CT molecular complexity index is 439. The summed E-state index contributed by atoms with van der Waals surface area (Å²) in [7, 11) is 1.72. The number of aryl methyl sites for hydroxylation is 1. The summed E-state index contributed by atoms with van der Waals surface area (Å²) < 4.78 is 5.44. The van der Waals surface area contributed by atoms with Gasteiger partial charge in [-0.25, -0.2) is 0 Å². The number of carbonyl (C=O) groups excluding carboxylic acids is 1. The van der Waals surface area contributed by atoms with Crippen LogP contribution in [-0.4, -0.2) is 26.0 Å². The number of hydrogen-bond donors (Lipinski definition) is 1. The summed E-state index contributed by atoms with van der Waals surface area (Å²) in [4.78, 5) is 10.9. The Labute approximate surface area is 116 Å². The van der Waals surface area contributed by atoms with E-state index >= 15 is 0 Å². The smallest absolute Gasteiger partial charge is 0.143 e. The lowest BCUT2D eigenvalue weighted by Crippen LogP contribution is -2.23. The van der Waals surface area contributed by atoms with E-state index in [1.807, 2.05) is 0 Å². The van der Waals surface area contributed by atoms with Crippen LogP contribution in [0.15, 0.2) is 12.1 Å². The predicted molar refractivity (Wildman–Crippen MR) is 79.1 cm³/mol. The number of hydrogen-bond acceptors (Lipinski definition) is 3. The molecule has 1 aromatic rings. The normalized spacial score (nSPS) is 10.8. The van der Waals surface area contributed by atoms with Gasteiger partial charge in [-0.05, 0) is 55.5 Å². The molecule has 0 saturated heterocycles. The summed E-state index contributed by atoms with van der Waals surface area (Å²) >= 11 is 0. The zero-order valence-electron chi connectivity index (χ0n) is 12.7. The fraction of sp³-hybridized carbons (Fsp3) is 0.562. The van der Waals surface area contributed by atoms with Crippen molar-refractivity contribution >= 4 is 5.78 Å². The first-order valence-corrected chi connectivity index (χ1v) is 6.83. The van der Waals surface area contributed by atoms with E-state index in [9.17, 15) is 4.79 Å². The minimum atomic E-state index is 0.175. The number of ether oxygens (including phenoxy) is 1. The maximum absolute atomic E-state index is 10.9. The number of ketones is 1. The van der Waals surface area contributed by atoms with Gasteiger partial charge in [0.05, 0.1) is 13.7 Å². The van der Waals surface area contributed by atoms with Crippen LogP contribution in [0, 0.1) is 6.92 Å². The molecule has 3 nitrogen and oxygen atoms in total. The second-order valence-electron chi connectivity index (χ2n) is 5.30. The maximum Gasteiger partial charge on any atom is 0.143 e. The summed E-state index contributed by atoms with van der Waals surface area (Å²) in [5, 5.41) is 3.16. The van der Waals surface area contributed by atoms with Crippen LogP contribution in [0.1, 0.15) is 43.4 Å². The lowest BCUT2D eigenvalue weighted by atomic mass is 9.95. The molecule has 0 unspecified atom stereocenters. The van der Waals surface area contributed by atoms with E-state index in [2.05, 4.69) is 38.2 Å². The van der Waals surface area contributed by atoms with Gasteiger partial charge in [0.15, 0.2) is 0 Å². The minimum Gasteiger partial charge on any atom is -0.496 e. The molecule has 0 spiro atoms. The summed E-state index contributed by atoms with van der Waals surface area (Å²) in [6.07, 6.45) is 0.933. The van der Waals surface area contributed by atoms with Gasteiger partial charge >= 0.3 is 0 Å². The fourth-order valence-electron chi connectivity index (χ4n) is 2.13. The number of carbonyl (C=O) groups is 1. The Morgan fingerprint density at radius 2 is 2.05 bits per heavy atom. The molecule has 0 aliphatic carbocycles. The number of rotatable bonds is 7. The van der Waals surface area contributed by atoms with Crippen LogP contribution in [0.3, 0.4) is 0 Å². The summed E-state index contributed by atoms with van der Waals surface area (Å²) in [5.41, 5.74) is 3.81. The van der Waals surface area contributed by atoms with E-state index in [0.29, 0.717) is 12.5 Å². The molecule has 0 amide bonds. The summed E-state index contributed by atoms with van der Waals surface area (Å²) in [5.74, 6) is 1.58. The van der Waals surface area contributed by atoms with Crippen LogP contribution in [0.4, 0.5) is 0 Å². The lowest BCUT2D eigenvalue weighted by Gasteiger charge is -2.16. The topological polar surface area (TPSA) is 38.3 Å². The number of benzene rings is 1. The van der Waals surface area contributed by atoms with Crippen molar-refractivity contribution in [3.8, 4) is 5.75 Å². The quantitative estimate of drug-likeness (QED) is 0.769. The highest BCUT2D eigenvalue weighted by Crippen LogP contribution is 2.29. The molecular weight excluding hydrogens is 238 g/mol. The van der Waals surface area contributed by atoms with Gasteiger partial charge in [0, 0.05) is 0 Å². The van der Waals surface area contributed by atoms with E-state index < -0.39 is 0 Å². The van der Waals surface area contributed by atoms with Crippen molar-refractivity contribution in [3.05, 3.63) is 28.8 Å². The van der Waals surface area contributed by atoms with Crippen molar-refractivity contribution < 1.29 is 9.53 Å². The molecule has 1 rings (SSSR count). The van der Waals surface area contributed by atoms with Gasteiger partial charge in [-0.15, -0.1) is 0 Å². The van der Waals surface area contributed by atoms with Crippen molar-refractivity contribution in [1.29, 1.82) is 0 Å². The fourth-order valence-corrected chi connectivity index (χ4v) is 2.13. The zero-order valence-corrected chi connectivity index (χ0v) is 12.7. The molecule has 0 fully saturated rings. The highest BCUT2D eigenvalue weighted by Gasteiger charge is 2.10. The van der Waals surface area contributed by atoms with Crippen LogP contribution in [0.25, 0.3) is 0 Å². The second kappa shape index (κ2) is 7.29. The lowest BCUT2D eigenvalue weighted by molar-refractivity contribution is -0.116. The SMILES string of the molecule is COc1cc(C)c(CCNCC(C)=O)cc1C(C)C. The molecule has 3 heteroatoms. The monoisotopic (exact) mass is 263 g/mol. The molecule has 0 heterocycles. The van der Waals surface area contributed by atoms with Gasteiger partial charge < -0.3 is 10.1 Å². The van der Waals surface area contributed by atoms with Gasteiger partial charge in [0.25, 0.3) is 0 Å². The standard InChI is InChI=1S/C16H25NO2/c1-11(2)15-9-14(6-7-17-10-13(4)18)12(3)8-16(15)19-5/h8-9,11,17H,6-7,10H2,1-5H3. The van der Waals surface area contributed by atoms with Crippen molar-refractivity contribution in [3.63, 3.8) is 0 Å². The van der Waals surface area contributed by atoms with Gasteiger partial charge in [-0.3, -0.25) is 4.79 Å². The van der Waals surface area contributed by atoms with Crippen molar-refractivity contribution in [2.45, 2.75) is 40.0 Å². The first kappa shape index (κ1) is 15.7. The van der Waals surface area contributed by atoms with Crippen LogP contribution in [-0.2, 0) is 11.2 Å². The van der Waals surface area contributed by atoms with E-state index in [1.54, 1.807) is 14.0 Å². The average Bonchev–Trinajstić information content (AvgIpc) is 2.34. The van der Waals surface area contributed by atoms with Crippen molar-refractivity contribution in [2.24, 2.45) is 0 Å². The molecule has 0 bridgehead atoms. The Morgan fingerprint density at radius 3 is 2.58 bits per heavy atom. The Kier molecular flexibility index (Phi) is 6.03. The molecule has 0 aliphatic rings.